The Hall–Kier alpha value is -1.46. The zero-order valence-electron chi connectivity index (χ0n) is 15.8. The van der Waals surface area contributed by atoms with Crippen LogP contribution in [0, 0.1) is 0 Å². The van der Waals surface area contributed by atoms with E-state index in [9.17, 15) is 9.90 Å². The summed E-state index contributed by atoms with van der Waals surface area (Å²) in [6.45, 7) is 3.01. The quantitative estimate of drug-likeness (QED) is 0.280. The Bertz CT molecular complexity index is 472. The van der Waals surface area contributed by atoms with E-state index in [0.29, 0.717) is 13.1 Å². The van der Waals surface area contributed by atoms with Crippen LogP contribution in [-0.2, 0) is 4.79 Å². The molecule has 0 amide bonds. The topological polar surface area (TPSA) is 78.5 Å². The van der Waals surface area contributed by atoms with Gasteiger partial charge in [-0.2, -0.15) is 0 Å². The first-order valence-corrected chi connectivity index (χ1v) is 9.77. The number of unbranched alkanes of at least 4 members (excludes halogenated alkanes) is 8. The summed E-state index contributed by atoms with van der Waals surface area (Å²) >= 11 is 0. The largest absolute Gasteiger partial charge is 0.544 e. The number of allylic oxidation sites excluding steroid dienone is 2. The van der Waals surface area contributed by atoms with Crippen molar-refractivity contribution in [2.45, 2.75) is 71.1 Å². The third kappa shape index (κ3) is 8.45. The van der Waals surface area contributed by atoms with E-state index in [2.05, 4.69) is 24.1 Å². The molecule has 0 spiro atoms. The van der Waals surface area contributed by atoms with Crippen LogP contribution in [0.5, 0.6) is 0 Å². The number of carbonyl (C=O) groups excluding carboxylic acids is 1. The molecule has 0 radical (unpaired) electrons. The van der Waals surface area contributed by atoms with Gasteiger partial charge in [-0.25, -0.2) is 9.48 Å². The van der Waals surface area contributed by atoms with Crippen molar-refractivity contribution >= 4 is 11.8 Å². The van der Waals surface area contributed by atoms with Gasteiger partial charge >= 0.3 is 0 Å². The van der Waals surface area contributed by atoms with Crippen molar-refractivity contribution in [1.82, 2.24) is 0 Å². The van der Waals surface area contributed by atoms with Crippen LogP contribution in [0.3, 0.4) is 0 Å². The van der Waals surface area contributed by atoms with Crippen molar-refractivity contribution in [1.29, 1.82) is 0 Å². The molecule has 142 valence electrons. The van der Waals surface area contributed by atoms with Crippen LogP contribution < -0.4 is 10.8 Å². The standard InChI is InChI=1S/C20H35N3O2/c1-2-3-4-5-6-7-8-9-10-11-12-13-19-22-15-17-23(19,16-14-21)18-20(24)25/h2-3,15,17H,4-14,16,18,21H2,1H3/b3-2+. The Labute approximate surface area is 152 Å². The number of amidine groups is 1. The molecule has 1 aliphatic heterocycles. The molecule has 1 unspecified atom stereocenters. The number of rotatable bonds is 15. The van der Waals surface area contributed by atoms with E-state index in [0.717, 1.165) is 18.7 Å². The van der Waals surface area contributed by atoms with Crippen molar-refractivity contribution in [2.24, 2.45) is 10.7 Å². The number of carboxylic acids is 1. The summed E-state index contributed by atoms with van der Waals surface area (Å²) in [6, 6.07) is 0. The van der Waals surface area contributed by atoms with Crippen LogP contribution in [0.4, 0.5) is 0 Å². The summed E-state index contributed by atoms with van der Waals surface area (Å²) in [6.07, 6.45) is 20.0. The van der Waals surface area contributed by atoms with Gasteiger partial charge in [-0.1, -0.05) is 50.7 Å². The maximum absolute atomic E-state index is 11.1. The van der Waals surface area contributed by atoms with Gasteiger partial charge < -0.3 is 15.6 Å². The van der Waals surface area contributed by atoms with Crippen LogP contribution in [-0.4, -0.2) is 35.9 Å². The van der Waals surface area contributed by atoms with Crippen molar-refractivity contribution in [3.05, 3.63) is 24.6 Å². The predicted molar refractivity (Wildman–Crippen MR) is 102 cm³/mol. The van der Waals surface area contributed by atoms with Crippen LogP contribution in [0.2, 0.25) is 0 Å². The van der Waals surface area contributed by atoms with Crippen LogP contribution in [0.25, 0.3) is 0 Å². The molecular weight excluding hydrogens is 314 g/mol. The van der Waals surface area contributed by atoms with Gasteiger partial charge in [-0.05, 0) is 26.2 Å². The molecule has 0 fully saturated rings. The predicted octanol–water partition coefficient (Wildman–Crippen LogP) is 2.87. The Morgan fingerprint density at radius 2 is 1.80 bits per heavy atom. The molecule has 5 heteroatoms. The molecule has 0 saturated carbocycles. The molecule has 0 saturated heterocycles. The van der Waals surface area contributed by atoms with E-state index in [1.165, 1.54) is 51.4 Å². The van der Waals surface area contributed by atoms with Gasteiger partial charge in [0, 0.05) is 13.0 Å². The molecule has 0 aromatic rings. The first kappa shape index (κ1) is 21.6. The molecule has 5 nitrogen and oxygen atoms in total. The molecular formula is C20H35N3O2. The zero-order valence-corrected chi connectivity index (χ0v) is 15.8. The molecule has 0 bridgehead atoms. The summed E-state index contributed by atoms with van der Waals surface area (Å²) in [5.74, 6) is -0.138. The number of nitrogens with zero attached hydrogens (tertiary/aromatic N) is 2. The summed E-state index contributed by atoms with van der Waals surface area (Å²) in [5, 5.41) is 11.1. The van der Waals surface area contributed by atoms with Crippen molar-refractivity contribution < 1.29 is 14.4 Å². The summed E-state index contributed by atoms with van der Waals surface area (Å²) in [5.41, 5.74) is 5.67. The second-order valence-corrected chi connectivity index (χ2v) is 6.86. The summed E-state index contributed by atoms with van der Waals surface area (Å²) in [7, 11) is 0. The number of hydrogen-bond donors (Lipinski definition) is 1. The smallest absolute Gasteiger partial charge is 0.207 e. The average molecular weight is 350 g/mol. The molecule has 1 heterocycles. The lowest BCUT2D eigenvalue weighted by Gasteiger charge is -2.32. The third-order valence-electron chi connectivity index (χ3n) is 4.79. The van der Waals surface area contributed by atoms with Crippen molar-refractivity contribution in [3.8, 4) is 0 Å². The third-order valence-corrected chi connectivity index (χ3v) is 4.79. The van der Waals surface area contributed by atoms with E-state index in [1.54, 1.807) is 6.20 Å². The van der Waals surface area contributed by atoms with Crippen LogP contribution in [0.15, 0.2) is 29.5 Å². The fourth-order valence-corrected chi connectivity index (χ4v) is 3.40. The second-order valence-electron chi connectivity index (χ2n) is 6.86. The maximum Gasteiger partial charge on any atom is 0.207 e. The lowest BCUT2D eigenvalue weighted by molar-refractivity contribution is -0.780. The number of carboxylic acid groups (broad SMARTS) is 1. The second kappa shape index (κ2) is 12.8. The Kier molecular flexibility index (Phi) is 11.1. The molecule has 0 aromatic heterocycles. The Balaban J connectivity index is 2.15. The highest BCUT2D eigenvalue weighted by atomic mass is 16.4. The van der Waals surface area contributed by atoms with E-state index >= 15 is 0 Å². The highest BCUT2D eigenvalue weighted by molar-refractivity contribution is 5.80. The van der Waals surface area contributed by atoms with E-state index in [-0.39, 0.29) is 11.0 Å². The number of hydrogen-bond acceptors (Lipinski definition) is 4. The van der Waals surface area contributed by atoms with Gasteiger partial charge in [-0.15, -0.1) is 0 Å². The lowest BCUT2D eigenvalue weighted by Crippen LogP contribution is -2.55. The van der Waals surface area contributed by atoms with Crippen molar-refractivity contribution in [2.75, 3.05) is 19.6 Å². The highest BCUT2D eigenvalue weighted by Gasteiger charge is 2.34. The van der Waals surface area contributed by atoms with Gasteiger partial charge in [-0.3, -0.25) is 0 Å². The number of aliphatic imine (C=N–C) groups is 1. The minimum absolute atomic E-state index is 0.0697. The van der Waals surface area contributed by atoms with E-state index in [1.807, 2.05) is 6.20 Å². The molecule has 2 N–H and O–H groups in total. The minimum Gasteiger partial charge on any atom is -0.544 e. The van der Waals surface area contributed by atoms with E-state index < -0.39 is 5.97 Å². The number of aliphatic carboxylic acids is 1. The molecule has 1 aliphatic rings. The monoisotopic (exact) mass is 349 g/mol. The molecule has 1 rings (SSSR count). The summed E-state index contributed by atoms with van der Waals surface area (Å²) in [4.78, 5) is 15.5. The van der Waals surface area contributed by atoms with Gasteiger partial charge in [0.1, 0.15) is 19.3 Å². The molecule has 1 atom stereocenters. The van der Waals surface area contributed by atoms with Crippen LogP contribution in [0.1, 0.15) is 71.1 Å². The molecule has 0 aliphatic carbocycles. The minimum atomic E-state index is -1.05. The van der Waals surface area contributed by atoms with Crippen molar-refractivity contribution in [3.63, 3.8) is 0 Å². The van der Waals surface area contributed by atoms with E-state index in [4.69, 9.17) is 5.73 Å². The highest BCUT2D eigenvalue weighted by Crippen LogP contribution is 2.21. The normalized spacial score (nSPS) is 19.7. The average Bonchev–Trinajstić information content (AvgIpc) is 2.94. The van der Waals surface area contributed by atoms with Gasteiger partial charge in [0.25, 0.3) is 0 Å². The first-order chi connectivity index (χ1) is 12.1. The van der Waals surface area contributed by atoms with Gasteiger partial charge in [0.2, 0.25) is 5.84 Å². The SMILES string of the molecule is C/C=C/CCCCCCCCCCC1=NC=C[N+]1(CCN)CC(=O)[O-]. The lowest BCUT2D eigenvalue weighted by atomic mass is 10.1. The zero-order chi connectivity index (χ0) is 18.4. The van der Waals surface area contributed by atoms with Gasteiger partial charge in [0.15, 0.2) is 0 Å². The maximum atomic E-state index is 11.1. The first-order valence-electron chi connectivity index (χ1n) is 9.77. The summed E-state index contributed by atoms with van der Waals surface area (Å²) < 4.78 is 0.241. The Morgan fingerprint density at radius 1 is 1.16 bits per heavy atom. The van der Waals surface area contributed by atoms with Crippen LogP contribution >= 0.6 is 0 Å². The molecule has 0 aromatic carbocycles. The number of quaternary nitrogens is 1. The number of carbonyl (C=O) groups is 1. The Morgan fingerprint density at radius 3 is 2.40 bits per heavy atom. The fourth-order valence-electron chi connectivity index (χ4n) is 3.40. The number of nitrogens with two attached hydrogens (primary N) is 1. The fraction of sp³-hybridized carbons (Fsp3) is 0.700. The molecule has 25 heavy (non-hydrogen) atoms. The van der Waals surface area contributed by atoms with Gasteiger partial charge in [0.05, 0.1) is 12.2 Å².